The smallest absolute Gasteiger partial charge is 0.335 e. The number of hydrogen-bond acceptors (Lipinski definition) is 3. The van der Waals surface area contributed by atoms with Gasteiger partial charge in [-0.25, -0.2) is 4.79 Å². The predicted octanol–water partition coefficient (Wildman–Crippen LogP) is 2.47. The summed E-state index contributed by atoms with van der Waals surface area (Å²) < 4.78 is 0. The van der Waals surface area contributed by atoms with Gasteiger partial charge in [-0.1, -0.05) is 26.0 Å². The van der Waals surface area contributed by atoms with Gasteiger partial charge in [0.2, 0.25) is 11.8 Å². The molecule has 0 bridgehead atoms. The Labute approximate surface area is 154 Å². The fourth-order valence-electron chi connectivity index (χ4n) is 3.37. The minimum Gasteiger partial charge on any atom is -0.478 e. The van der Waals surface area contributed by atoms with E-state index < -0.39 is 5.97 Å². The summed E-state index contributed by atoms with van der Waals surface area (Å²) in [5.41, 5.74) is 0.998. The second-order valence-corrected chi connectivity index (χ2v) is 6.86. The highest BCUT2D eigenvalue weighted by Crippen LogP contribution is 2.17. The van der Waals surface area contributed by atoms with Gasteiger partial charge in [0.15, 0.2) is 0 Å². The molecule has 0 saturated carbocycles. The first-order chi connectivity index (χ1) is 12.4. The normalized spacial score (nSPS) is 15.1. The highest BCUT2D eigenvalue weighted by molar-refractivity contribution is 5.87. The minimum absolute atomic E-state index is 0.0714. The number of likely N-dealkylation sites (tertiary alicyclic amines) is 1. The number of nitrogens with zero attached hydrogens (tertiary/aromatic N) is 1. The largest absolute Gasteiger partial charge is 0.478 e. The van der Waals surface area contributed by atoms with E-state index in [1.54, 1.807) is 12.1 Å². The lowest BCUT2D eigenvalue weighted by molar-refractivity contribution is -0.137. The molecular formula is C20H28N2O4. The first-order valence-corrected chi connectivity index (χ1v) is 9.35. The third kappa shape index (κ3) is 5.31. The first kappa shape index (κ1) is 19.9. The van der Waals surface area contributed by atoms with Crippen molar-refractivity contribution in [2.75, 3.05) is 13.1 Å². The Hall–Kier alpha value is -2.37. The molecule has 2 amide bonds. The van der Waals surface area contributed by atoms with Crippen molar-refractivity contribution in [1.82, 2.24) is 10.2 Å². The van der Waals surface area contributed by atoms with Crippen LogP contribution in [0.3, 0.4) is 0 Å². The molecule has 26 heavy (non-hydrogen) atoms. The van der Waals surface area contributed by atoms with Gasteiger partial charge in [0.05, 0.1) is 12.0 Å². The van der Waals surface area contributed by atoms with Crippen molar-refractivity contribution in [1.29, 1.82) is 0 Å². The first-order valence-electron chi connectivity index (χ1n) is 9.35. The summed E-state index contributed by atoms with van der Waals surface area (Å²) in [6, 6.07) is 6.44. The molecule has 6 nitrogen and oxygen atoms in total. The molecule has 0 atom stereocenters. The molecule has 6 heteroatoms. The highest BCUT2D eigenvalue weighted by atomic mass is 16.4. The quantitative estimate of drug-likeness (QED) is 0.782. The monoisotopic (exact) mass is 360 g/mol. The maximum absolute atomic E-state index is 12.4. The number of nitrogens with one attached hydrogen (secondary N) is 1. The van der Waals surface area contributed by atoms with Crippen LogP contribution in [0.15, 0.2) is 24.3 Å². The zero-order valence-corrected chi connectivity index (χ0v) is 15.5. The summed E-state index contributed by atoms with van der Waals surface area (Å²) in [6.45, 7) is 5.46. The van der Waals surface area contributed by atoms with E-state index in [4.69, 9.17) is 5.11 Å². The number of aromatic carboxylic acids is 1. The summed E-state index contributed by atoms with van der Waals surface area (Å²) in [4.78, 5) is 37.4. The van der Waals surface area contributed by atoms with E-state index in [0.29, 0.717) is 13.1 Å². The molecule has 0 aromatic heterocycles. The van der Waals surface area contributed by atoms with E-state index in [2.05, 4.69) is 5.32 Å². The number of benzene rings is 1. The van der Waals surface area contributed by atoms with Crippen molar-refractivity contribution in [2.45, 2.75) is 52.0 Å². The summed E-state index contributed by atoms with van der Waals surface area (Å²) in [5.74, 6) is -0.707. The van der Waals surface area contributed by atoms with Crippen LogP contribution in [0, 0.1) is 5.92 Å². The molecule has 1 aromatic carbocycles. The number of rotatable bonds is 7. The van der Waals surface area contributed by atoms with Crippen molar-refractivity contribution in [3.63, 3.8) is 0 Å². The van der Waals surface area contributed by atoms with Gasteiger partial charge in [0.1, 0.15) is 0 Å². The third-order valence-electron chi connectivity index (χ3n) is 5.07. The molecule has 0 aliphatic carbocycles. The van der Waals surface area contributed by atoms with Crippen molar-refractivity contribution < 1.29 is 19.5 Å². The molecule has 1 aromatic rings. The Morgan fingerprint density at radius 2 is 1.69 bits per heavy atom. The molecule has 1 aliphatic rings. The lowest BCUT2D eigenvalue weighted by atomic mass is 9.98. The number of amides is 2. The van der Waals surface area contributed by atoms with Gasteiger partial charge < -0.3 is 15.3 Å². The predicted molar refractivity (Wildman–Crippen MR) is 98.9 cm³/mol. The van der Waals surface area contributed by atoms with Crippen LogP contribution in [0.4, 0.5) is 0 Å². The van der Waals surface area contributed by atoms with Crippen LogP contribution < -0.4 is 5.32 Å². The number of carboxylic acids is 1. The lowest BCUT2D eigenvalue weighted by Crippen LogP contribution is -2.48. The fraction of sp³-hybridized carbons (Fsp3) is 0.550. The van der Waals surface area contributed by atoms with Crippen LogP contribution in [0.25, 0.3) is 0 Å². The van der Waals surface area contributed by atoms with E-state index in [-0.39, 0.29) is 35.8 Å². The number of piperidine rings is 1. The van der Waals surface area contributed by atoms with Gasteiger partial charge in [-0.3, -0.25) is 9.59 Å². The SMILES string of the molecule is CCC(CC)C(=O)N1CCC(NC(=O)Cc2ccc(C(=O)O)cc2)CC1. The van der Waals surface area contributed by atoms with Crippen LogP contribution in [-0.4, -0.2) is 46.9 Å². The molecule has 142 valence electrons. The van der Waals surface area contributed by atoms with E-state index in [1.807, 2.05) is 18.7 Å². The maximum atomic E-state index is 12.4. The Bertz CT molecular complexity index is 630. The Morgan fingerprint density at radius 3 is 2.19 bits per heavy atom. The molecule has 2 N–H and O–H groups in total. The lowest BCUT2D eigenvalue weighted by Gasteiger charge is -2.34. The van der Waals surface area contributed by atoms with Crippen molar-refractivity contribution in [3.05, 3.63) is 35.4 Å². The summed E-state index contributed by atoms with van der Waals surface area (Å²) in [6.07, 6.45) is 3.51. The molecular weight excluding hydrogens is 332 g/mol. The van der Waals surface area contributed by atoms with Crippen molar-refractivity contribution in [3.8, 4) is 0 Å². The Morgan fingerprint density at radius 1 is 1.12 bits per heavy atom. The molecule has 1 heterocycles. The Kier molecular flexibility index (Phi) is 7.18. The molecule has 1 fully saturated rings. The summed E-state index contributed by atoms with van der Waals surface area (Å²) in [7, 11) is 0. The second-order valence-electron chi connectivity index (χ2n) is 6.86. The molecule has 0 spiro atoms. The van der Waals surface area contributed by atoms with Gasteiger partial charge >= 0.3 is 5.97 Å². The van der Waals surface area contributed by atoms with Gasteiger partial charge in [-0.2, -0.15) is 0 Å². The standard InChI is InChI=1S/C20H28N2O4/c1-3-15(4-2)19(24)22-11-9-17(10-12-22)21-18(23)13-14-5-7-16(8-6-14)20(25)26/h5-8,15,17H,3-4,9-13H2,1-2H3,(H,21,23)(H,25,26). The average molecular weight is 360 g/mol. The molecule has 1 aliphatic heterocycles. The van der Waals surface area contributed by atoms with Gasteiger partial charge in [-0.05, 0) is 43.4 Å². The third-order valence-corrected chi connectivity index (χ3v) is 5.07. The molecule has 2 rings (SSSR count). The van der Waals surface area contributed by atoms with Crippen LogP contribution in [0.5, 0.6) is 0 Å². The fourth-order valence-corrected chi connectivity index (χ4v) is 3.37. The summed E-state index contributed by atoms with van der Waals surface area (Å²) >= 11 is 0. The molecule has 0 unspecified atom stereocenters. The number of carboxylic acid groups (broad SMARTS) is 1. The van der Waals surface area contributed by atoms with Crippen molar-refractivity contribution in [2.24, 2.45) is 5.92 Å². The van der Waals surface area contributed by atoms with E-state index >= 15 is 0 Å². The number of carbonyl (C=O) groups excluding carboxylic acids is 2. The van der Waals surface area contributed by atoms with Crippen LogP contribution in [0.1, 0.15) is 55.5 Å². The summed E-state index contributed by atoms with van der Waals surface area (Å²) in [5, 5.41) is 11.9. The van der Waals surface area contributed by atoms with Gasteiger partial charge in [0, 0.05) is 25.0 Å². The van der Waals surface area contributed by atoms with Crippen LogP contribution in [0.2, 0.25) is 0 Å². The second kappa shape index (κ2) is 9.36. The van der Waals surface area contributed by atoms with Gasteiger partial charge in [0.25, 0.3) is 0 Å². The van der Waals surface area contributed by atoms with E-state index in [9.17, 15) is 14.4 Å². The van der Waals surface area contributed by atoms with Crippen LogP contribution in [-0.2, 0) is 16.0 Å². The minimum atomic E-state index is -0.976. The number of hydrogen-bond donors (Lipinski definition) is 2. The van der Waals surface area contributed by atoms with E-state index in [1.165, 1.54) is 12.1 Å². The van der Waals surface area contributed by atoms with Crippen molar-refractivity contribution >= 4 is 17.8 Å². The van der Waals surface area contributed by atoms with E-state index in [0.717, 1.165) is 31.2 Å². The van der Waals surface area contributed by atoms with Gasteiger partial charge in [-0.15, -0.1) is 0 Å². The zero-order chi connectivity index (χ0) is 19.1. The molecule has 0 radical (unpaired) electrons. The maximum Gasteiger partial charge on any atom is 0.335 e. The number of carbonyl (C=O) groups is 3. The Balaban J connectivity index is 1.79. The average Bonchev–Trinajstić information content (AvgIpc) is 2.63. The highest BCUT2D eigenvalue weighted by Gasteiger charge is 2.27. The van der Waals surface area contributed by atoms with Crippen LogP contribution >= 0.6 is 0 Å². The molecule has 1 saturated heterocycles. The zero-order valence-electron chi connectivity index (χ0n) is 15.5. The topological polar surface area (TPSA) is 86.7 Å².